The molecule has 1 fully saturated rings. The Hall–Kier alpha value is -2.25. The van der Waals surface area contributed by atoms with Crippen molar-refractivity contribution in [2.75, 3.05) is 26.7 Å². The van der Waals surface area contributed by atoms with Gasteiger partial charge in [-0.15, -0.1) is 0 Å². The molecule has 7 nitrogen and oxygen atoms in total. The molecule has 0 aliphatic carbocycles. The van der Waals surface area contributed by atoms with E-state index in [0.29, 0.717) is 19.0 Å². The van der Waals surface area contributed by atoms with Crippen LogP contribution < -0.4 is 5.32 Å². The fourth-order valence-corrected chi connectivity index (χ4v) is 2.99. The maximum Gasteiger partial charge on any atom is 0.315 e. The quantitative estimate of drug-likeness (QED) is 0.823. The number of benzene rings is 1. The van der Waals surface area contributed by atoms with Gasteiger partial charge in [-0.3, -0.25) is 9.69 Å². The SMILES string of the molecule is CNC(=O)c1nc(CN2CCOC(CCCc3ccccc3)C2)no1. The molecule has 1 aromatic carbocycles. The fraction of sp³-hybridized carbons (Fsp3) is 0.500. The number of nitrogens with one attached hydrogen (secondary N) is 1. The molecule has 1 atom stereocenters. The molecular formula is C18H24N4O3. The van der Waals surface area contributed by atoms with Gasteiger partial charge >= 0.3 is 11.8 Å². The van der Waals surface area contributed by atoms with Gasteiger partial charge in [0.15, 0.2) is 5.82 Å². The number of carbonyl (C=O) groups is 1. The van der Waals surface area contributed by atoms with Gasteiger partial charge in [0.1, 0.15) is 0 Å². The van der Waals surface area contributed by atoms with Gasteiger partial charge in [-0.1, -0.05) is 35.5 Å². The Morgan fingerprint density at radius 1 is 1.36 bits per heavy atom. The summed E-state index contributed by atoms with van der Waals surface area (Å²) in [5, 5.41) is 6.35. The van der Waals surface area contributed by atoms with Crippen LogP contribution in [0.4, 0.5) is 0 Å². The van der Waals surface area contributed by atoms with Crippen LogP contribution >= 0.6 is 0 Å². The lowest BCUT2D eigenvalue weighted by Crippen LogP contribution is -2.42. The molecule has 7 heteroatoms. The molecule has 1 aliphatic rings. The monoisotopic (exact) mass is 344 g/mol. The molecule has 1 aromatic heterocycles. The first-order chi connectivity index (χ1) is 12.2. The van der Waals surface area contributed by atoms with Crippen LogP contribution in [0.25, 0.3) is 0 Å². The topological polar surface area (TPSA) is 80.5 Å². The average Bonchev–Trinajstić information content (AvgIpc) is 3.11. The second-order valence-corrected chi connectivity index (χ2v) is 6.20. The smallest absolute Gasteiger partial charge is 0.315 e. The van der Waals surface area contributed by atoms with Gasteiger partial charge < -0.3 is 14.6 Å². The largest absolute Gasteiger partial charge is 0.376 e. The Morgan fingerprint density at radius 3 is 3.00 bits per heavy atom. The molecular weight excluding hydrogens is 320 g/mol. The Morgan fingerprint density at radius 2 is 2.20 bits per heavy atom. The Kier molecular flexibility index (Phi) is 6.14. The third-order valence-corrected chi connectivity index (χ3v) is 4.31. The van der Waals surface area contributed by atoms with E-state index in [1.54, 1.807) is 0 Å². The number of ether oxygens (including phenoxy) is 1. The van der Waals surface area contributed by atoms with E-state index in [1.165, 1.54) is 12.6 Å². The highest BCUT2D eigenvalue weighted by atomic mass is 16.5. The maximum absolute atomic E-state index is 11.5. The molecule has 1 amide bonds. The van der Waals surface area contributed by atoms with Crippen LogP contribution in [0.3, 0.4) is 0 Å². The number of hydrogen-bond donors (Lipinski definition) is 1. The molecule has 0 radical (unpaired) electrons. The number of aryl methyl sites for hydroxylation is 1. The van der Waals surface area contributed by atoms with Crippen molar-refractivity contribution in [1.82, 2.24) is 20.4 Å². The van der Waals surface area contributed by atoms with Gasteiger partial charge in [0.05, 0.1) is 19.3 Å². The molecule has 2 aromatic rings. The molecule has 25 heavy (non-hydrogen) atoms. The van der Waals surface area contributed by atoms with Crippen molar-refractivity contribution in [3.05, 3.63) is 47.6 Å². The number of amides is 1. The number of rotatable bonds is 7. The standard InChI is InChI=1S/C18H24N4O3/c1-19-17(23)18-20-16(21-25-18)13-22-10-11-24-15(12-22)9-5-8-14-6-3-2-4-7-14/h2-4,6-7,15H,5,8-13H2,1H3,(H,19,23). The molecule has 1 N–H and O–H groups in total. The van der Waals surface area contributed by atoms with Crippen LogP contribution in [0.5, 0.6) is 0 Å². The molecule has 0 spiro atoms. The highest BCUT2D eigenvalue weighted by Gasteiger charge is 2.22. The van der Waals surface area contributed by atoms with Crippen LogP contribution in [0, 0.1) is 0 Å². The second-order valence-electron chi connectivity index (χ2n) is 6.20. The first-order valence-electron chi connectivity index (χ1n) is 8.67. The van der Waals surface area contributed by atoms with Gasteiger partial charge in [0.25, 0.3) is 0 Å². The minimum absolute atomic E-state index is 0.00479. The lowest BCUT2D eigenvalue weighted by Gasteiger charge is -2.32. The molecule has 1 aliphatic heterocycles. The van der Waals surface area contributed by atoms with Crippen LogP contribution in [0.2, 0.25) is 0 Å². The van der Waals surface area contributed by atoms with E-state index in [2.05, 4.69) is 44.6 Å². The molecule has 3 rings (SSSR count). The number of morpholine rings is 1. The zero-order valence-corrected chi connectivity index (χ0v) is 14.5. The van der Waals surface area contributed by atoms with Gasteiger partial charge in [-0.25, -0.2) is 0 Å². The lowest BCUT2D eigenvalue weighted by atomic mass is 10.1. The summed E-state index contributed by atoms with van der Waals surface area (Å²) in [7, 11) is 1.54. The Bertz CT molecular complexity index is 674. The predicted octanol–water partition coefficient (Wildman–Crippen LogP) is 1.65. The van der Waals surface area contributed by atoms with Gasteiger partial charge in [-0.05, 0) is 24.8 Å². The zero-order valence-electron chi connectivity index (χ0n) is 14.5. The normalized spacial score (nSPS) is 18.2. The van der Waals surface area contributed by atoms with Gasteiger partial charge in [0, 0.05) is 20.1 Å². The third kappa shape index (κ3) is 5.11. The zero-order chi connectivity index (χ0) is 17.5. The van der Waals surface area contributed by atoms with E-state index in [9.17, 15) is 4.79 Å². The summed E-state index contributed by atoms with van der Waals surface area (Å²) >= 11 is 0. The van der Waals surface area contributed by atoms with Crippen LogP contribution in [0.15, 0.2) is 34.9 Å². The van der Waals surface area contributed by atoms with Crippen molar-refractivity contribution in [3.8, 4) is 0 Å². The molecule has 0 bridgehead atoms. The van der Waals surface area contributed by atoms with Crippen LogP contribution in [0.1, 0.15) is 34.9 Å². The Labute approximate surface area is 147 Å². The minimum atomic E-state index is -0.362. The summed E-state index contributed by atoms with van der Waals surface area (Å²) in [6, 6.07) is 10.5. The summed E-state index contributed by atoms with van der Waals surface area (Å²) in [5.74, 6) is 0.174. The predicted molar refractivity (Wildman–Crippen MR) is 92.1 cm³/mol. The van der Waals surface area contributed by atoms with Crippen molar-refractivity contribution >= 4 is 5.91 Å². The summed E-state index contributed by atoms with van der Waals surface area (Å²) in [4.78, 5) is 17.8. The van der Waals surface area contributed by atoms with E-state index < -0.39 is 0 Å². The highest BCUT2D eigenvalue weighted by Crippen LogP contribution is 2.15. The maximum atomic E-state index is 11.5. The molecule has 1 saturated heterocycles. The van der Waals surface area contributed by atoms with Crippen LogP contribution in [-0.2, 0) is 17.7 Å². The molecule has 0 saturated carbocycles. The first-order valence-corrected chi connectivity index (χ1v) is 8.67. The second kappa shape index (κ2) is 8.73. The van der Waals surface area contributed by atoms with E-state index in [0.717, 1.165) is 32.4 Å². The molecule has 134 valence electrons. The summed E-state index contributed by atoms with van der Waals surface area (Å²) in [6.45, 7) is 2.95. The fourth-order valence-electron chi connectivity index (χ4n) is 2.99. The summed E-state index contributed by atoms with van der Waals surface area (Å²) < 4.78 is 10.8. The van der Waals surface area contributed by atoms with Crippen molar-refractivity contribution in [1.29, 1.82) is 0 Å². The number of hydrogen-bond acceptors (Lipinski definition) is 6. The molecule has 2 heterocycles. The highest BCUT2D eigenvalue weighted by molar-refractivity contribution is 5.89. The number of nitrogens with zero attached hydrogens (tertiary/aromatic N) is 3. The van der Waals surface area contributed by atoms with Crippen molar-refractivity contribution in [2.45, 2.75) is 31.9 Å². The number of aromatic nitrogens is 2. The van der Waals surface area contributed by atoms with Crippen molar-refractivity contribution in [2.24, 2.45) is 0 Å². The Balaban J connectivity index is 1.44. The van der Waals surface area contributed by atoms with Gasteiger partial charge in [0.2, 0.25) is 0 Å². The van der Waals surface area contributed by atoms with Crippen LogP contribution in [-0.4, -0.2) is 53.8 Å². The van der Waals surface area contributed by atoms with Crippen molar-refractivity contribution in [3.63, 3.8) is 0 Å². The first kappa shape index (κ1) is 17.6. The number of carbonyl (C=O) groups excluding carboxylic acids is 1. The third-order valence-electron chi connectivity index (χ3n) is 4.31. The van der Waals surface area contributed by atoms with E-state index in [-0.39, 0.29) is 17.9 Å². The van der Waals surface area contributed by atoms with E-state index in [4.69, 9.17) is 9.26 Å². The lowest BCUT2D eigenvalue weighted by molar-refractivity contribution is -0.0363. The summed E-state index contributed by atoms with van der Waals surface area (Å²) in [5.41, 5.74) is 1.36. The van der Waals surface area contributed by atoms with E-state index >= 15 is 0 Å². The van der Waals surface area contributed by atoms with Gasteiger partial charge in [-0.2, -0.15) is 4.98 Å². The average molecular weight is 344 g/mol. The summed E-state index contributed by atoms with van der Waals surface area (Å²) in [6.07, 6.45) is 3.43. The minimum Gasteiger partial charge on any atom is -0.376 e. The van der Waals surface area contributed by atoms with Crippen molar-refractivity contribution < 1.29 is 14.1 Å². The molecule has 1 unspecified atom stereocenters. The van der Waals surface area contributed by atoms with E-state index in [1.807, 2.05) is 6.07 Å².